The lowest BCUT2D eigenvalue weighted by atomic mass is 10.1. The first-order valence-corrected chi connectivity index (χ1v) is 10.9. The Hall–Kier alpha value is -3.26. The molecule has 0 radical (unpaired) electrons. The molecule has 0 saturated carbocycles. The van der Waals surface area contributed by atoms with Crippen molar-refractivity contribution in [3.05, 3.63) is 48.0 Å². The number of amides is 2. The quantitative estimate of drug-likeness (QED) is 0.714. The molecule has 2 fully saturated rings. The van der Waals surface area contributed by atoms with Crippen molar-refractivity contribution in [2.45, 2.75) is 13.0 Å². The highest BCUT2D eigenvalue weighted by Crippen LogP contribution is 2.33. The van der Waals surface area contributed by atoms with Gasteiger partial charge in [0.1, 0.15) is 5.75 Å². The molecular formula is C24H27N3O5. The molecule has 2 aromatic rings. The van der Waals surface area contributed by atoms with Crippen LogP contribution in [0.2, 0.25) is 0 Å². The average molecular weight is 437 g/mol. The van der Waals surface area contributed by atoms with E-state index in [4.69, 9.17) is 14.2 Å². The van der Waals surface area contributed by atoms with Crippen molar-refractivity contribution < 1.29 is 23.8 Å². The summed E-state index contributed by atoms with van der Waals surface area (Å²) >= 11 is 0. The number of carbonyl (C=O) groups is 2. The minimum absolute atomic E-state index is 0.0157. The molecule has 3 aliphatic rings. The summed E-state index contributed by atoms with van der Waals surface area (Å²) in [4.78, 5) is 31.6. The van der Waals surface area contributed by atoms with Gasteiger partial charge in [-0.25, -0.2) is 0 Å². The van der Waals surface area contributed by atoms with Crippen molar-refractivity contribution in [2.75, 3.05) is 51.5 Å². The summed E-state index contributed by atoms with van der Waals surface area (Å²) in [6, 6.07) is 13.4. The molecule has 5 rings (SSSR count). The van der Waals surface area contributed by atoms with Crippen molar-refractivity contribution in [1.29, 1.82) is 0 Å². The average Bonchev–Trinajstić information content (AvgIpc) is 3.45. The number of ether oxygens (including phenoxy) is 3. The van der Waals surface area contributed by atoms with Crippen LogP contribution in [0.5, 0.6) is 17.2 Å². The van der Waals surface area contributed by atoms with Gasteiger partial charge in [-0.05, 0) is 29.8 Å². The Morgan fingerprint density at radius 1 is 1.06 bits per heavy atom. The molecular weight excluding hydrogens is 410 g/mol. The predicted molar refractivity (Wildman–Crippen MR) is 118 cm³/mol. The summed E-state index contributed by atoms with van der Waals surface area (Å²) in [5.74, 6) is 2.04. The molecule has 32 heavy (non-hydrogen) atoms. The lowest BCUT2D eigenvalue weighted by Crippen LogP contribution is -2.50. The van der Waals surface area contributed by atoms with E-state index in [1.165, 1.54) is 5.56 Å². The summed E-state index contributed by atoms with van der Waals surface area (Å²) < 4.78 is 16.1. The van der Waals surface area contributed by atoms with E-state index in [1.807, 2.05) is 41.3 Å². The third-order valence-electron chi connectivity index (χ3n) is 6.37. The monoisotopic (exact) mass is 437 g/mol. The Bertz CT molecular complexity index is 1020. The number of methoxy groups -OCH3 is 1. The molecule has 2 saturated heterocycles. The maximum absolute atomic E-state index is 13.1. The first-order chi connectivity index (χ1) is 15.6. The van der Waals surface area contributed by atoms with E-state index in [0.717, 1.165) is 36.8 Å². The van der Waals surface area contributed by atoms with Crippen molar-refractivity contribution in [3.8, 4) is 17.2 Å². The Morgan fingerprint density at radius 2 is 1.88 bits per heavy atom. The van der Waals surface area contributed by atoms with Gasteiger partial charge in [-0.2, -0.15) is 0 Å². The smallest absolute Gasteiger partial charge is 0.231 e. The van der Waals surface area contributed by atoms with E-state index < -0.39 is 0 Å². The molecule has 8 heteroatoms. The van der Waals surface area contributed by atoms with Crippen molar-refractivity contribution >= 4 is 17.5 Å². The molecule has 1 atom stereocenters. The highest BCUT2D eigenvalue weighted by Gasteiger charge is 2.38. The van der Waals surface area contributed by atoms with Crippen LogP contribution in [0.3, 0.4) is 0 Å². The fraction of sp³-hybridized carbons (Fsp3) is 0.417. The largest absolute Gasteiger partial charge is 0.497 e. The van der Waals surface area contributed by atoms with Gasteiger partial charge in [0.15, 0.2) is 11.5 Å². The van der Waals surface area contributed by atoms with Gasteiger partial charge in [-0.1, -0.05) is 12.1 Å². The van der Waals surface area contributed by atoms with Crippen molar-refractivity contribution in [2.24, 2.45) is 5.92 Å². The highest BCUT2D eigenvalue weighted by atomic mass is 16.7. The lowest BCUT2D eigenvalue weighted by molar-refractivity contribution is -0.137. The van der Waals surface area contributed by atoms with Gasteiger partial charge in [-0.3, -0.25) is 14.5 Å². The van der Waals surface area contributed by atoms with Crippen LogP contribution in [0.1, 0.15) is 12.0 Å². The molecule has 0 aliphatic carbocycles. The molecule has 3 aliphatic heterocycles. The third-order valence-corrected chi connectivity index (χ3v) is 6.37. The summed E-state index contributed by atoms with van der Waals surface area (Å²) in [5.41, 5.74) is 1.95. The maximum Gasteiger partial charge on any atom is 0.231 e. The van der Waals surface area contributed by atoms with Crippen LogP contribution in [0.25, 0.3) is 0 Å². The van der Waals surface area contributed by atoms with Crippen LogP contribution in [-0.4, -0.2) is 68.2 Å². The molecule has 0 unspecified atom stereocenters. The van der Waals surface area contributed by atoms with E-state index >= 15 is 0 Å². The molecule has 0 bridgehead atoms. The van der Waals surface area contributed by atoms with Crippen LogP contribution in [0.4, 0.5) is 5.69 Å². The number of anilines is 1. The van der Waals surface area contributed by atoms with Gasteiger partial charge in [0, 0.05) is 57.4 Å². The van der Waals surface area contributed by atoms with E-state index in [2.05, 4.69) is 11.0 Å². The number of carbonyl (C=O) groups excluding carboxylic acids is 2. The van der Waals surface area contributed by atoms with Crippen molar-refractivity contribution in [3.63, 3.8) is 0 Å². The van der Waals surface area contributed by atoms with E-state index in [9.17, 15) is 9.59 Å². The molecule has 3 heterocycles. The number of nitrogens with zero attached hydrogens (tertiary/aromatic N) is 3. The zero-order valence-electron chi connectivity index (χ0n) is 18.2. The van der Waals surface area contributed by atoms with Crippen LogP contribution in [0.15, 0.2) is 42.5 Å². The van der Waals surface area contributed by atoms with E-state index in [0.29, 0.717) is 25.4 Å². The standard InChI is InChI=1S/C24H27N3O5/c1-30-20-4-2-3-19(13-20)27-15-18(12-23(27)28)24(29)26-9-7-25(8-10-26)14-17-5-6-21-22(11-17)32-16-31-21/h2-6,11,13,18H,7-10,12,14-16H2,1H3/t18-/m1/s1. The summed E-state index contributed by atoms with van der Waals surface area (Å²) in [6.45, 7) is 4.46. The Morgan fingerprint density at radius 3 is 2.69 bits per heavy atom. The first-order valence-electron chi connectivity index (χ1n) is 10.9. The maximum atomic E-state index is 13.1. The normalized spacial score (nSPS) is 20.7. The molecule has 8 nitrogen and oxygen atoms in total. The van der Waals surface area contributed by atoms with Crippen LogP contribution >= 0.6 is 0 Å². The van der Waals surface area contributed by atoms with Gasteiger partial charge in [0.25, 0.3) is 0 Å². The Kier molecular flexibility index (Phi) is 5.61. The number of fused-ring (bicyclic) bond motifs is 1. The van der Waals surface area contributed by atoms with Gasteiger partial charge in [0.05, 0.1) is 13.0 Å². The zero-order valence-corrected chi connectivity index (χ0v) is 18.2. The van der Waals surface area contributed by atoms with Crippen LogP contribution < -0.4 is 19.1 Å². The second-order valence-corrected chi connectivity index (χ2v) is 8.40. The fourth-order valence-corrected chi connectivity index (χ4v) is 4.58. The lowest BCUT2D eigenvalue weighted by Gasteiger charge is -2.36. The zero-order chi connectivity index (χ0) is 22.1. The molecule has 0 spiro atoms. The van der Waals surface area contributed by atoms with Gasteiger partial charge < -0.3 is 24.0 Å². The molecule has 2 amide bonds. The van der Waals surface area contributed by atoms with E-state index in [1.54, 1.807) is 12.0 Å². The summed E-state index contributed by atoms with van der Waals surface area (Å²) in [6.07, 6.45) is 0.257. The van der Waals surface area contributed by atoms with Gasteiger partial charge in [0.2, 0.25) is 18.6 Å². The Balaban J connectivity index is 1.15. The summed E-state index contributed by atoms with van der Waals surface area (Å²) in [7, 11) is 1.60. The minimum Gasteiger partial charge on any atom is -0.497 e. The number of piperazine rings is 1. The minimum atomic E-state index is -0.297. The molecule has 2 aromatic carbocycles. The fourth-order valence-electron chi connectivity index (χ4n) is 4.58. The second-order valence-electron chi connectivity index (χ2n) is 8.40. The molecule has 0 aromatic heterocycles. The van der Waals surface area contributed by atoms with Crippen LogP contribution in [0, 0.1) is 5.92 Å². The number of rotatable bonds is 5. The topological polar surface area (TPSA) is 71.6 Å². The molecule has 168 valence electrons. The Labute approximate surface area is 187 Å². The van der Waals surface area contributed by atoms with Gasteiger partial charge >= 0.3 is 0 Å². The predicted octanol–water partition coefficient (Wildman–Crippen LogP) is 2.12. The van der Waals surface area contributed by atoms with Crippen LogP contribution in [-0.2, 0) is 16.1 Å². The number of hydrogen-bond donors (Lipinski definition) is 0. The first kappa shape index (κ1) is 20.6. The SMILES string of the molecule is COc1cccc(N2C[C@H](C(=O)N3CCN(Cc4ccc5c(c4)OCO5)CC3)CC2=O)c1. The number of hydrogen-bond acceptors (Lipinski definition) is 6. The third kappa shape index (κ3) is 4.10. The van der Waals surface area contributed by atoms with E-state index in [-0.39, 0.29) is 30.9 Å². The van der Waals surface area contributed by atoms with Crippen molar-refractivity contribution in [1.82, 2.24) is 9.80 Å². The summed E-state index contributed by atoms with van der Waals surface area (Å²) in [5, 5.41) is 0. The number of benzene rings is 2. The molecule has 0 N–H and O–H groups in total. The highest BCUT2D eigenvalue weighted by molar-refractivity contribution is 6.00. The second kappa shape index (κ2) is 8.70. The van der Waals surface area contributed by atoms with Gasteiger partial charge in [-0.15, -0.1) is 0 Å².